The molecule has 2 aliphatic heterocycles. The van der Waals surface area contributed by atoms with Crippen LogP contribution in [0.1, 0.15) is 12.8 Å². The highest BCUT2D eigenvalue weighted by atomic mass is 32.1. The van der Waals surface area contributed by atoms with Gasteiger partial charge in [-0.3, -0.25) is 4.90 Å². The molecule has 0 saturated carbocycles. The molecule has 3 nitrogen and oxygen atoms in total. The van der Waals surface area contributed by atoms with E-state index in [1.807, 2.05) is 0 Å². The minimum Gasteiger partial charge on any atom is -0.378 e. The van der Waals surface area contributed by atoms with Gasteiger partial charge in [0.25, 0.3) is 0 Å². The van der Waals surface area contributed by atoms with Crippen LogP contribution in [0.4, 0.5) is 0 Å². The van der Waals surface area contributed by atoms with E-state index in [0.29, 0.717) is 12.1 Å². The largest absolute Gasteiger partial charge is 0.378 e. The van der Waals surface area contributed by atoms with Crippen LogP contribution < -0.4 is 5.32 Å². The van der Waals surface area contributed by atoms with Crippen molar-refractivity contribution in [3.05, 3.63) is 0 Å². The van der Waals surface area contributed by atoms with Gasteiger partial charge < -0.3 is 10.1 Å². The van der Waals surface area contributed by atoms with E-state index in [9.17, 15) is 0 Å². The van der Waals surface area contributed by atoms with Crippen LogP contribution >= 0.6 is 12.2 Å². The van der Waals surface area contributed by atoms with Gasteiger partial charge in [-0.2, -0.15) is 0 Å². The van der Waals surface area contributed by atoms with Crippen LogP contribution in [-0.2, 0) is 4.74 Å². The molecule has 0 aromatic carbocycles. The number of hydrogen-bond acceptors (Lipinski definition) is 4. The first-order valence-corrected chi connectivity index (χ1v) is 5.69. The van der Waals surface area contributed by atoms with E-state index in [0.717, 1.165) is 32.7 Å². The molecular weight excluding hydrogens is 196 g/mol. The maximum atomic E-state index is 5.17. The maximum Gasteiger partial charge on any atom is 0.0645 e. The fraction of sp³-hybridized carbons (Fsp3) is 0.900. The van der Waals surface area contributed by atoms with Crippen molar-refractivity contribution in [2.75, 3.05) is 33.4 Å². The van der Waals surface area contributed by atoms with Gasteiger partial charge in [0.15, 0.2) is 0 Å². The predicted octanol–water partition coefficient (Wildman–Crippen LogP) is 0.439. The van der Waals surface area contributed by atoms with Gasteiger partial charge in [-0.25, -0.2) is 0 Å². The van der Waals surface area contributed by atoms with Crippen LogP contribution in [0.2, 0.25) is 0 Å². The summed E-state index contributed by atoms with van der Waals surface area (Å²) in [4.78, 5) is 3.58. The minimum absolute atomic E-state index is 0.617. The van der Waals surface area contributed by atoms with E-state index >= 15 is 0 Å². The van der Waals surface area contributed by atoms with Crippen molar-refractivity contribution in [2.45, 2.75) is 24.9 Å². The van der Waals surface area contributed by atoms with Crippen molar-refractivity contribution in [1.29, 1.82) is 0 Å². The van der Waals surface area contributed by atoms with Crippen molar-refractivity contribution in [1.82, 2.24) is 10.2 Å². The number of ether oxygens (including phenoxy) is 1. The van der Waals surface area contributed by atoms with Gasteiger partial charge >= 0.3 is 0 Å². The van der Waals surface area contributed by atoms with E-state index in [-0.39, 0.29) is 0 Å². The molecular formula is C10H18N2OS. The monoisotopic (exact) mass is 214 g/mol. The summed E-state index contributed by atoms with van der Waals surface area (Å²) in [5.41, 5.74) is 0. The molecule has 0 radical (unpaired) electrons. The van der Waals surface area contributed by atoms with Gasteiger partial charge in [-0.05, 0) is 26.4 Å². The van der Waals surface area contributed by atoms with E-state index in [4.69, 9.17) is 17.0 Å². The van der Waals surface area contributed by atoms with Crippen LogP contribution in [0.15, 0.2) is 0 Å². The topological polar surface area (TPSA) is 24.5 Å². The SMILES string of the molecule is CN(CCC1CC(=S)CN1)C1COC1. The molecule has 14 heavy (non-hydrogen) atoms. The molecule has 2 fully saturated rings. The summed E-state index contributed by atoms with van der Waals surface area (Å²) in [5.74, 6) is 0. The van der Waals surface area contributed by atoms with Gasteiger partial charge in [-0.15, -0.1) is 0 Å². The van der Waals surface area contributed by atoms with Gasteiger partial charge in [-0.1, -0.05) is 12.2 Å². The zero-order valence-electron chi connectivity index (χ0n) is 8.66. The summed E-state index contributed by atoms with van der Waals surface area (Å²) in [6.07, 6.45) is 2.29. The molecule has 1 unspecified atom stereocenters. The number of rotatable bonds is 4. The normalized spacial score (nSPS) is 28.4. The molecule has 0 spiro atoms. The van der Waals surface area contributed by atoms with Crippen molar-refractivity contribution in [2.24, 2.45) is 0 Å². The summed E-state index contributed by atoms with van der Waals surface area (Å²) in [5, 5.41) is 3.44. The smallest absolute Gasteiger partial charge is 0.0645 e. The highest BCUT2D eigenvalue weighted by molar-refractivity contribution is 7.80. The minimum atomic E-state index is 0.617. The Kier molecular flexibility index (Phi) is 3.49. The number of nitrogens with one attached hydrogen (secondary N) is 1. The Bertz CT molecular complexity index is 218. The average molecular weight is 214 g/mol. The van der Waals surface area contributed by atoms with E-state index in [2.05, 4.69) is 17.3 Å². The molecule has 0 amide bonds. The maximum absolute atomic E-state index is 5.17. The standard InChI is InChI=1S/C10H18N2OS/c1-12(9-6-13-7-9)3-2-8-4-10(14)5-11-8/h8-9,11H,2-7H2,1H3. The van der Waals surface area contributed by atoms with Crippen LogP contribution in [0.3, 0.4) is 0 Å². The lowest BCUT2D eigenvalue weighted by atomic mass is 10.1. The van der Waals surface area contributed by atoms with E-state index < -0.39 is 0 Å². The molecule has 2 saturated heterocycles. The number of thiocarbonyl (C=S) groups is 1. The zero-order chi connectivity index (χ0) is 9.97. The van der Waals surface area contributed by atoms with Crippen molar-refractivity contribution >= 4 is 17.1 Å². The summed E-state index contributed by atoms with van der Waals surface area (Å²) < 4.78 is 5.17. The molecule has 2 rings (SSSR count). The van der Waals surface area contributed by atoms with Crippen LogP contribution in [0.25, 0.3) is 0 Å². The lowest BCUT2D eigenvalue weighted by Gasteiger charge is -2.35. The second kappa shape index (κ2) is 4.66. The van der Waals surface area contributed by atoms with Crippen LogP contribution in [0.5, 0.6) is 0 Å². The van der Waals surface area contributed by atoms with E-state index in [1.54, 1.807) is 0 Å². The first-order valence-electron chi connectivity index (χ1n) is 5.29. The fourth-order valence-corrected chi connectivity index (χ4v) is 2.19. The Morgan fingerprint density at radius 3 is 2.86 bits per heavy atom. The lowest BCUT2D eigenvalue weighted by Crippen LogP contribution is -2.48. The van der Waals surface area contributed by atoms with Gasteiger partial charge in [0.1, 0.15) is 0 Å². The molecule has 0 aromatic heterocycles. The molecule has 0 aromatic rings. The first-order chi connectivity index (χ1) is 6.75. The number of nitrogens with zero attached hydrogens (tertiary/aromatic N) is 1. The molecule has 80 valence electrons. The summed E-state index contributed by atoms with van der Waals surface area (Å²) in [7, 11) is 2.18. The van der Waals surface area contributed by atoms with Crippen molar-refractivity contribution < 1.29 is 4.74 Å². The Labute approximate surface area is 90.8 Å². The van der Waals surface area contributed by atoms with Gasteiger partial charge in [0.2, 0.25) is 0 Å². The summed E-state index contributed by atoms with van der Waals surface area (Å²) >= 11 is 5.17. The Balaban J connectivity index is 1.63. The van der Waals surface area contributed by atoms with Gasteiger partial charge in [0.05, 0.1) is 19.3 Å². The third kappa shape index (κ3) is 2.51. The molecule has 2 heterocycles. The summed E-state index contributed by atoms with van der Waals surface area (Å²) in [6.45, 7) is 3.91. The lowest BCUT2D eigenvalue weighted by molar-refractivity contribution is -0.0565. The third-order valence-corrected chi connectivity index (χ3v) is 3.45. The van der Waals surface area contributed by atoms with Crippen molar-refractivity contribution in [3.63, 3.8) is 0 Å². The Morgan fingerprint density at radius 1 is 1.57 bits per heavy atom. The second-order valence-corrected chi connectivity index (χ2v) is 4.86. The first kappa shape index (κ1) is 10.5. The summed E-state index contributed by atoms with van der Waals surface area (Å²) in [6, 6.07) is 1.27. The molecule has 0 aliphatic carbocycles. The molecule has 0 bridgehead atoms. The Hall–Kier alpha value is -0.0300. The molecule has 2 aliphatic rings. The quantitative estimate of drug-likeness (QED) is 0.686. The molecule has 1 N–H and O–H groups in total. The number of likely N-dealkylation sites (N-methyl/N-ethyl adjacent to an activating group) is 1. The second-order valence-electron chi connectivity index (χ2n) is 4.28. The van der Waals surface area contributed by atoms with Crippen LogP contribution in [-0.4, -0.2) is 55.2 Å². The highest BCUT2D eigenvalue weighted by Crippen LogP contribution is 2.12. The zero-order valence-corrected chi connectivity index (χ0v) is 9.48. The highest BCUT2D eigenvalue weighted by Gasteiger charge is 2.24. The average Bonchev–Trinajstić information content (AvgIpc) is 2.45. The van der Waals surface area contributed by atoms with Gasteiger partial charge in [0, 0.05) is 17.5 Å². The molecule has 4 heteroatoms. The van der Waals surface area contributed by atoms with E-state index in [1.165, 1.54) is 11.3 Å². The Morgan fingerprint density at radius 2 is 2.36 bits per heavy atom. The number of hydrogen-bond donors (Lipinski definition) is 1. The van der Waals surface area contributed by atoms with Crippen LogP contribution in [0, 0.1) is 0 Å². The fourth-order valence-electron chi connectivity index (χ4n) is 1.90. The predicted molar refractivity (Wildman–Crippen MR) is 60.9 cm³/mol. The van der Waals surface area contributed by atoms with Crippen molar-refractivity contribution in [3.8, 4) is 0 Å². The third-order valence-electron chi connectivity index (χ3n) is 3.14. The molecule has 1 atom stereocenters.